The zero-order valence-electron chi connectivity index (χ0n) is 15.8. The monoisotopic (exact) mass is 401 g/mol. The minimum absolute atomic E-state index is 0.734. The van der Waals surface area contributed by atoms with Crippen LogP contribution in [-0.2, 0) is 20.0 Å². The fourth-order valence-corrected chi connectivity index (χ4v) is 4.00. The number of guanidine groups is 1. The third kappa shape index (κ3) is 5.11. The first-order chi connectivity index (χ1) is 13.1. The van der Waals surface area contributed by atoms with Crippen molar-refractivity contribution < 1.29 is 0 Å². The van der Waals surface area contributed by atoms with E-state index in [2.05, 4.69) is 32.7 Å². The number of nitrogens with zero attached hydrogens (tertiary/aromatic N) is 4. The Kier molecular flexibility index (Phi) is 6.53. The van der Waals surface area contributed by atoms with Crippen molar-refractivity contribution in [2.24, 2.45) is 12.0 Å². The quantitative estimate of drug-likeness (QED) is 0.500. The third-order valence-electron chi connectivity index (χ3n) is 4.28. The van der Waals surface area contributed by atoms with Gasteiger partial charge in [0, 0.05) is 56.9 Å². The van der Waals surface area contributed by atoms with Crippen molar-refractivity contribution in [2.75, 3.05) is 20.6 Å². The second-order valence-corrected chi connectivity index (χ2v) is 7.65. The van der Waals surface area contributed by atoms with Crippen LogP contribution in [0.15, 0.2) is 53.0 Å². The van der Waals surface area contributed by atoms with Gasteiger partial charge in [0.25, 0.3) is 0 Å². The summed E-state index contributed by atoms with van der Waals surface area (Å²) in [4.78, 5) is 11.2. The highest BCUT2D eigenvalue weighted by Gasteiger charge is 2.10. The Morgan fingerprint density at radius 2 is 2.11 bits per heavy atom. The van der Waals surface area contributed by atoms with Crippen molar-refractivity contribution in [1.29, 1.82) is 0 Å². The van der Waals surface area contributed by atoms with Crippen LogP contribution in [0.1, 0.15) is 11.4 Å². The molecule has 0 bridgehead atoms. The molecule has 1 N–H and O–H groups in total. The normalized spacial score (nSPS) is 11.6. The number of nitrogens with one attached hydrogen (secondary N) is 1. The Morgan fingerprint density at radius 1 is 1.33 bits per heavy atom. The molecule has 0 radical (unpaired) electrons. The van der Waals surface area contributed by atoms with Gasteiger partial charge >= 0.3 is 0 Å². The predicted octanol–water partition coefficient (Wildman–Crippen LogP) is 4.05. The van der Waals surface area contributed by atoms with Crippen molar-refractivity contribution in [3.05, 3.63) is 64.4 Å². The number of thiazole rings is 1. The Labute approximate surface area is 169 Å². The number of benzene rings is 1. The standard InChI is InChI=1S/C20H24ClN5S/c1-22-20(26(3)13-18-11-16(21)12-25(18)2)23-10-9-17-14-27-19(24-17)15-7-5-4-6-8-15/h4-8,11-12,14H,9-10,13H2,1-3H3,(H,22,23). The molecule has 0 spiro atoms. The molecule has 5 nitrogen and oxygen atoms in total. The highest BCUT2D eigenvalue weighted by Crippen LogP contribution is 2.23. The molecule has 0 aliphatic heterocycles. The lowest BCUT2D eigenvalue weighted by Gasteiger charge is -2.22. The second-order valence-electron chi connectivity index (χ2n) is 6.35. The van der Waals surface area contributed by atoms with Crippen molar-refractivity contribution in [3.63, 3.8) is 0 Å². The average Bonchev–Trinajstić information content (AvgIpc) is 3.26. The van der Waals surface area contributed by atoms with Gasteiger partial charge in [0.1, 0.15) is 5.01 Å². The summed E-state index contributed by atoms with van der Waals surface area (Å²) in [6.45, 7) is 1.51. The molecule has 3 rings (SSSR count). The molecule has 0 amide bonds. The minimum Gasteiger partial charge on any atom is -0.356 e. The van der Waals surface area contributed by atoms with E-state index in [9.17, 15) is 0 Å². The molecule has 0 unspecified atom stereocenters. The van der Waals surface area contributed by atoms with E-state index < -0.39 is 0 Å². The zero-order valence-corrected chi connectivity index (χ0v) is 17.4. The summed E-state index contributed by atoms with van der Waals surface area (Å²) in [6.07, 6.45) is 2.76. The summed E-state index contributed by atoms with van der Waals surface area (Å²) >= 11 is 7.75. The van der Waals surface area contributed by atoms with Crippen LogP contribution in [0.4, 0.5) is 0 Å². The molecule has 0 saturated carbocycles. The van der Waals surface area contributed by atoms with Crippen molar-refractivity contribution >= 4 is 28.9 Å². The molecule has 0 atom stereocenters. The maximum atomic E-state index is 6.07. The molecule has 27 heavy (non-hydrogen) atoms. The molecule has 0 saturated heterocycles. The zero-order chi connectivity index (χ0) is 19.2. The van der Waals surface area contributed by atoms with Gasteiger partial charge in [-0.3, -0.25) is 4.99 Å². The molecule has 7 heteroatoms. The summed E-state index contributed by atoms with van der Waals surface area (Å²) in [7, 11) is 5.82. The number of hydrogen-bond acceptors (Lipinski definition) is 3. The van der Waals surface area contributed by atoms with E-state index in [4.69, 9.17) is 16.6 Å². The molecule has 1 aromatic carbocycles. The van der Waals surface area contributed by atoms with E-state index in [1.54, 1.807) is 18.4 Å². The molecule has 0 fully saturated rings. The van der Waals surface area contributed by atoms with Crippen molar-refractivity contribution in [1.82, 2.24) is 19.8 Å². The van der Waals surface area contributed by atoms with E-state index in [1.807, 2.05) is 49.1 Å². The lowest BCUT2D eigenvalue weighted by molar-refractivity contribution is 0.462. The van der Waals surface area contributed by atoms with E-state index >= 15 is 0 Å². The summed E-state index contributed by atoms with van der Waals surface area (Å²) in [6, 6.07) is 12.3. The number of rotatable bonds is 6. The summed E-state index contributed by atoms with van der Waals surface area (Å²) in [5, 5.41) is 7.35. The summed E-state index contributed by atoms with van der Waals surface area (Å²) in [5.41, 5.74) is 3.40. The maximum absolute atomic E-state index is 6.07. The van der Waals surface area contributed by atoms with E-state index in [0.717, 1.165) is 46.9 Å². The number of halogens is 1. The van der Waals surface area contributed by atoms with Crippen LogP contribution in [0.3, 0.4) is 0 Å². The Hall–Kier alpha value is -2.31. The van der Waals surface area contributed by atoms with Crippen LogP contribution in [0.2, 0.25) is 5.02 Å². The van der Waals surface area contributed by atoms with Crippen LogP contribution in [0, 0.1) is 0 Å². The molecule has 0 aliphatic carbocycles. The lowest BCUT2D eigenvalue weighted by atomic mass is 10.2. The number of aliphatic imine (C=N–C) groups is 1. The molecule has 0 aliphatic rings. The van der Waals surface area contributed by atoms with E-state index in [0.29, 0.717) is 0 Å². The lowest BCUT2D eigenvalue weighted by Crippen LogP contribution is -2.39. The first-order valence-corrected chi connectivity index (χ1v) is 10.0. The van der Waals surface area contributed by atoms with Crippen LogP contribution >= 0.6 is 22.9 Å². The van der Waals surface area contributed by atoms with Gasteiger partial charge in [-0.05, 0) is 6.07 Å². The van der Waals surface area contributed by atoms with Gasteiger partial charge in [0.2, 0.25) is 0 Å². The van der Waals surface area contributed by atoms with Gasteiger partial charge in [-0.15, -0.1) is 11.3 Å². The van der Waals surface area contributed by atoms with Crippen LogP contribution < -0.4 is 5.32 Å². The molecular formula is C20H24ClN5S. The topological polar surface area (TPSA) is 45.5 Å². The van der Waals surface area contributed by atoms with Gasteiger partial charge < -0.3 is 14.8 Å². The van der Waals surface area contributed by atoms with Crippen LogP contribution in [0.5, 0.6) is 0 Å². The predicted molar refractivity (Wildman–Crippen MR) is 115 cm³/mol. The number of aryl methyl sites for hydroxylation is 1. The Morgan fingerprint density at radius 3 is 2.78 bits per heavy atom. The molecule has 142 valence electrons. The largest absolute Gasteiger partial charge is 0.356 e. The third-order valence-corrected chi connectivity index (χ3v) is 5.43. The molecular weight excluding hydrogens is 378 g/mol. The van der Waals surface area contributed by atoms with E-state index in [-0.39, 0.29) is 0 Å². The fourth-order valence-electron chi connectivity index (χ4n) is 2.86. The summed E-state index contributed by atoms with van der Waals surface area (Å²) in [5.74, 6) is 0.853. The Bertz CT molecular complexity index is 900. The average molecular weight is 402 g/mol. The maximum Gasteiger partial charge on any atom is 0.193 e. The first-order valence-electron chi connectivity index (χ1n) is 8.79. The molecule has 2 aromatic heterocycles. The molecule has 3 aromatic rings. The van der Waals surface area contributed by atoms with Gasteiger partial charge in [0.05, 0.1) is 17.3 Å². The van der Waals surface area contributed by atoms with Gasteiger partial charge in [-0.1, -0.05) is 41.9 Å². The number of aromatic nitrogens is 2. The summed E-state index contributed by atoms with van der Waals surface area (Å²) < 4.78 is 2.03. The van der Waals surface area contributed by atoms with Crippen molar-refractivity contribution in [3.8, 4) is 10.6 Å². The second kappa shape index (κ2) is 9.06. The Balaban J connectivity index is 1.53. The van der Waals surface area contributed by atoms with E-state index in [1.165, 1.54) is 5.56 Å². The first kappa shape index (κ1) is 19.5. The highest BCUT2D eigenvalue weighted by atomic mass is 35.5. The van der Waals surface area contributed by atoms with Gasteiger partial charge in [-0.2, -0.15) is 0 Å². The smallest absolute Gasteiger partial charge is 0.193 e. The van der Waals surface area contributed by atoms with Gasteiger partial charge in [0.15, 0.2) is 5.96 Å². The minimum atomic E-state index is 0.734. The van der Waals surface area contributed by atoms with Gasteiger partial charge in [-0.25, -0.2) is 4.98 Å². The molecule has 2 heterocycles. The van der Waals surface area contributed by atoms with Crippen LogP contribution in [-0.4, -0.2) is 41.1 Å². The fraction of sp³-hybridized carbons (Fsp3) is 0.300. The number of hydrogen-bond donors (Lipinski definition) is 1. The highest BCUT2D eigenvalue weighted by molar-refractivity contribution is 7.13. The van der Waals surface area contributed by atoms with Crippen molar-refractivity contribution in [2.45, 2.75) is 13.0 Å². The SMILES string of the molecule is CN=C(NCCc1csc(-c2ccccc2)n1)N(C)Cc1cc(Cl)cn1C. The van der Waals surface area contributed by atoms with Crippen LogP contribution in [0.25, 0.3) is 10.6 Å².